The number of amides is 2. The van der Waals surface area contributed by atoms with Crippen LogP contribution in [0.25, 0.3) is 0 Å². The largest absolute Gasteiger partial charge is 0.388 e. The molecule has 0 unspecified atom stereocenters. The second-order valence-corrected chi connectivity index (χ2v) is 11.0. The molecular weight excluding hydrogens is 380 g/mol. The van der Waals surface area contributed by atoms with Gasteiger partial charge in [-0.05, 0) is 50.4 Å². The van der Waals surface area contributed by atoms with E-state index < -0.39 is 34.6 Å². The molecule has 3 saturated carbocycles. The summed E-state index contributed by atoms with van der Waals surface area (Å²) < 4.78 is 0. The molecule has 0 aromatic rings. The van der Waals surface area contributed by atoms with Crippen LogP contribution in [0.4, 0.5) is 0 Å². The van der Waals surface area contributed by atoms with Crippen LogP contribution < -0.4 is 5.73 Å². The lowest BCUT2D eigenvalue weighted by Gasteiger charge is -2.55. The molecule has 0 aromatic heterocycles. The van der Waals surface area contributed by atoms with Crippen molar-refractivity contribution in [3.05, 3.63) is 0 Å². The zero-order valence-corrected chi connectivity index (χ0v) is 19.3. The highest BCUT2D eigenvalue weighted by Crippen LogP contribution is 2.49. The van der Waals surface area contributed by atoms with Crippen LogP contribution in [-0.2, 0) is 9.59 Å². The minimum Gasteiger partial charge on any atom is -0.388 e. The monoisotopic (exact) mass is 422 g/mol. The van der Waals surface area contributed by atoms with E-state index in [9.17, 15) is 19.8 Å². The van der Waals surface area contributed by atoms with E-state index in [0.717, 1.165) is 32.1 Å². The van der Waals surface area contributed by atoms with E-state index in [1.807, 2.05) is 27.7 Å². The average Bonchev–Trinajstić information content (AvgIpc) is 3.21. The van der Waals surface area contributed by atoms with Crippen LogP contribution >= 0.6 is 0 Å². The third-order valence-electron chi connectivity index (χ3n) is 8.22. The van der Waals surface area contributed by atoms with E-state index in [0.29, 0.717) is 38.5 Å². The van der Waals surface area contributed by atoms with Crippen LogP contribution in [-0.4, -0.2) is 50.2 Å². The van der Waals surface area contributed by atoms with E-state index in [1.54, 1.807) is 4.90 Å². The maximum absolute atomic E-state index is 14.2. The normalized spacial score (nSPS) is 26.4. The van der Waals surface area contributed by atoms with Gasteiger partial charge in [0.1, 0.15) is 5.41 Å². The Morgan fingerprint density at radius 1 is 0.733 bits per heavy atom. The zero-order valence-electron chi connectivity index (χ0n) is 19.3. The van der Waals surface area contributed by atoms with Gasteiger partial charge in [-0.1, -0.05) is 59.8 Å². The predicted octanol–water partition coefficient (Wildman–Crippen LogP) is 3.13. The second-order valence-electron chi connectivity index (χ2n) is 11.0. The van der Waals surface area contributed by atoms with Gasteiger partial charge in [0.05, 0.1) is 23.3 Å². The van der Waals surface area contributed by atoms with Crippen molar-refractivity contribution < 1.29 is 19.8 Å². The topological polar surface area (TPSA) is 104 Å². The Balaban J connectivity index is 2.14. The predicted molar refractivity (Wildman–Crippen MR) is 116 cm³/mol. The van der Waals surface area contributed by atoms with Crippen LogP contribution in [0.15, 0.2) is 0 Å². The van der Waals surface area contributed by atoms with Crippen molar-refractivity contribution in [3.8, 4) is 0 Å². The van der Waals surface area contributed by atoms with Gasteiger partial charge in [0.15, 0.2) is 0 Å². The SMILES string of the molecule is CC(C)[C@@H](N(C(=O)C1(C(N)=O)CCC1)[C@H](C(C)C)C1(O)CCCC1)C1(O)CCCC1. The Bertz CT molecular complexity index is 610. The Labute approximate surface area is 181 Å². The molecule has 0 saturated heterocycles. The number of carbonyl (C=O) groups excluding carboxylic acids is 2. The van der Waals surface area contributed by atoms with E-state index in [4.69, 9.17) is 5.73 Å². The minimum atomic E-state index is -1.19. The summed E-state index contributed by atoms with van der Waals surface area (Å²) in [6.07, 6.45) is 8.03. The van der Waals surface area contributed by atoms with Gasteiger partial charge in [0.2, 0.25) is 11.8 Å². The number of primary amides is 1. The van der Waals surface area contributed by atoms with Crippen LogP contribution in [0.5, 0.6) is 0 Å². The van der Waals surface area contributed by atoms with Gasteiger partial charge in [0, 0.05) is 0 Å². The molecule has 3 fully saturated rings. The lowest BCUT2D eigenvalue weighted by atomic mass is 9.65. The van der Waals surface area contributed by atoms with Crippen LogP contribution in [0.2, 0.25) is 0 Å². The van der Waals surface area contributed by atoms with Crippen LogP contribution in [0.1, 0.15) is 98.3 Å². The molecule has 172 valence electrons. The first-order valence-corrected chi connectivity index (χ1v) is 12.1. The number of aliphatic hydroxyl groups is 2. The standard InChI is InChI=1S/C24H42N2O4/c1-16(2)18(23(29)12-5-6-13-23)26(21(28)22(20(25)27)10-9-11-22)19(17(3)4)24(30)14-7-8-15-24/h16-19,29-30H,5-15H2,1-4H3,(H2,25,27)/t18-,19-/m1/s1. The summed E-state index contributed by atoms with van der Waals surface area (Å²) in [5, 5.41) is 23.4. The van der Waals surface area contributed by atoms with Crippen LogP contribution in [0.3, 0.4) is 0 Å². The zero-order chi connectivity index (χ0) is 22.3. The van der Waals surface area contributed by atoms with E-state index >= 15 is 0 Å². The first-order chi connectivity index (χ1) is 14.0. The Morgan fingerprint density at radius 3 is 1.33 bits per heavy atom. The number of nitrogens with zero attached hydrogens (tertiary/aromatic N) is 1. The fraction of sp³-hybridized carbons (Fsp3) is 0.917. The van der Waals surface area contributed by atoms with Crippen LogP contribution in [0, 0.1) is 17.3 Å². The van der Waals surface area contributed by atoms with E-state index in [2.05, 4.69) is 0 Å². The van der Waals surface area contributed by atoms with Crippen molar-refractivity contribution in [2.75, 3.05) is 0 Å². The molecule has 0 heterocycles. The van der Waals surface area contributed by atoms with Crippen molar-refractivity contribution in [1.29, 1.82) is 0 Å². The van der Waals surface area contributed by atoms with Gasteiger partial charge >= 0.3 is 0 Å². The Kier molecular flexibility index (Phi) is 6.60. The summed E-state index contributed by atoms with van der Waals surface area (Å²) in [7, 11) is 0. The summed E-state index contributed by atoms with van der Waals surface area (Å²) in [5.74, 6) is -0.841. The second kappa shape index (κ2) is 8.42. The molecule has 6 nitrogen and oxygen atoms in total. The quantitative estimate of drug-likeness (QED) is 0.523. The number of hydrogen-bond donors (Lipinski definition) is 3. The molecule has 30 heavy (non-hydrogen) atoms. The smallest absolute Gasteiger partial charge is 0.238 e. The van der Waals surface area contributed by atoms with Crippen molar-refractivity contribution in [2.45, 2.75) is 122 Å². The molecular formula is C24H42N2O4. The first-order valence-electron chi connectivity index (χ1n) is 12.1. The molecule has 2 atom stereocenters. The maximum Gasteiger partial charge on any atom is 0.238 e. The number of rotatable bonds is 8. The highest BCUT2D eigenvalue weighted by Gasteiger charge is 2.59. The Morgan fingerprint density at radius 2 is 1.10 bits per heavy atom. The summed E-state index contributed by atoms with van der Waals surface area (Å²) in [6.45, 7) is 8.15. The highest BCUT2D eigenvalue weighted by atomic mass is 16.3. The first kappa shape index (κ1) is 23.5. The molecule has 0 aromatic carbocycles. The van der Waals surface area contributed by atoms with Crippen molar-refractivity contribution in [1.82, 2.24) is 4.90 Å². The van der Waals surface area contributed by atoms with Gasteiger partial charge in [-0.25, -0.2) is 0 Å². The molecule has 0 aliphatic heterocycles. The van der Waals surface area contributed by atoms with Gasteiger partial charge in [-0.2, -0.15) is 0 Å². The molecule has 3 aliphatic rings. The summed E-state index contributed by atoms with van der Waals surface area (Å²) in [5.41, 5.74) is 2.61. The van der Waals surface area contributed by atoms with Crippen molar-refractivity contribution >= 4 is 11.8 Å². The molecule has 0 spiro atoms. The van der Waals surface area contributed by atoms with E-state index in [1.165, 1.54) is 0 Å². The van der Waals surface area contributed by atoms with Gasteiger partial charge in [0.25, 0.3) is 0 Å². The van der Waals surface area contributed by atoms with Gasteiger partial charge < -0.3 is 20.8 Å². The van der Waals surface area contributed by atoms with Gasteiger partial charge in [-0.3, -0.25) is 9.59 Å². The number of hydrogen-bond acceptors (Lipinski definition) is 4. The third kappa shape index (κ3) is 3.79. The van der Waals surface area contributed by atoms with Crippen molar-refractivity contribution in [2.24, 2.45) is 23.0 Å². The summed E-state index contributed by atoms with van der Waals surface area (Å²) >= 11 is 0. The molecule has 4 N–H and O–H groups in total. The lowest BCUT2D eigenvalue weighted by Crippen LogP contribution is -2.70. The minimum absolute atomic E-state index is 0.00620. The Hall–Kier alpha value is -1.14. The van der Waals surface area contributed by atoms with E-state index in [-0.39, 0.29) is 17.7 Å². The average molecular weight is 423 g/mol. The summed E-state index contributed by atoms with van der Waals surface area (Å²) in [6, 6.07) is -0.886. The molecule has 2 amide bonds. The fourth-order valence-electron chi connectivity index (χ4n) is 6.74. The molecule has 0 bridgehead atoms. The molecule has 0 radical (unpaired) electrons. The molecule has 3 rings (SSSR count). The maximum atomic E-state index is 14.2. The molecule has 6 heteroatoms. The number of nitrogens with two attached hydrogens (primary N) is 1. The number of carbonyl (C=O) groups is 2. The van der Waals surface area contributed by atoms with Gasteiger partial charge in [-0.15, -0.1) is 0 Å². The molecule has 3 aliphatic carbocycles. The fourth-order valence-corrected chi connectivity index (χ4v) is 6.74. The lowest BCUT2D eigenvalue weighted by molar-refractivity contribution is -0.182. The summed E-state index contributed by atoms with van der Waals surface area (Å²) in [4.78, 5) is 28.5. The third-order valence-corrected chi connectivity index (χ3v) is 8.22. The highest BCUT2D eigenvalue weighted by molar-refractivity contribution is 6.05. The van der Waals surface area contributed by atoms with Crippen molar-refractivity contribution in [3.63, 3.8) is 0 Å².